The van der Waals surface area contributed by atoms with Crippen molar-refractivity contribution in [2.75, 3.05) is 0 Å². The minimum absolute atomic E-state index is 0.282. The van der Waals surface area contributed by atoms with Gasteiger partial charge in [-0.05, 0) is 5.92 Å². The monoisotopic (exact) mass is 356 g/mol. The first-order valence-corrected chi connectivity index (χ1v) is 8.46. The number of sulfonamides is 1. The number of thiophene rings is 1. The third-order valence-electron chi connectivity index (χ3n) is 2.87. The number of halogens is 1. The number of carboxylic acid groups (broad SMARTS) is 1. The van der Waals surface area contributed by atoms with E-state index in [2.05, 4.69) is 0 Å². The highest BCUT2D eigenvalue weighted by molar-refractivity contribution is 7.91. The molecule has 0 saturated heterocycles. The summed E-state index contributed by atoms with van der Waals surface area (Å²) in [7, 11) is -4.20. The van der Waals surface area contributed by atoms with Gasteiger partial charge in [0, 0.05) is 6.07 Å². The van der Waals surface area contributed by atoms with Crippen molar-refractivity contribution in [1.82, 2.24) is 4.72 Å². The maximum Gasteiger partial charge on any atom is 0.322 e. The van der Waals surface area contributed by atoms with Crippen molar-refractivity contribution in [2.24, 2.45) is 5.92 Å². The SMILES string of the molecule is CCC(C)[C@H](NS(=O)(=O)c1cc([N+](=O)[O-])c(Cl)s1)C(=O)O. The second-order valence-corrected chi connectivity index (χ2v) is 7.90. The lowest BCUT2D eigenvalue weighted by Gasteiger charge is -2.19. The van der Waals surface area contributed by atoms with Gasteiger partial charge in [-0.15, -0.1) is 11.3 Å². The first-order valence-electron chi connectivity index (χ1n) is 5.79. The Bertz CT molecular complexity index is 657. The molecular formula is C10H13ClN2O6S2. The van der Waals surface area contributed by atoms with E-state index in [0.717, 1.165) is 6.07 Å². The maximum absolute atomic E-state index is 12.1. The second-order valence-electron chi connectivity index (χ2n) is 4.30. The number of nitrogens with one attached hydrogen (secondary N) is 1. The van der Waals surface area contributed by atoms with Crippen LogP contribution in [-0.4, -0.2) is 30.5 Å². The summed E-state index contributed by atoms with van der Waals surface area (Å²) in [6.45, 7) is 3.31. The van der Waals surface area contributed by atoms with E-state index in [1.807, 2.05) is 4.72 Å². The largest absolute Gasteiger partial charge is 0.480 e. The average Bonchev–Trinajstić information content (AvgIpc) is 2.78. The Hall–Kier alpha value is -1.23. The zero-order chi connectivity index (χ0) is 16.4. The van der Waals surface area contributed by atoms with Gasteiger partial charge in [0.25, 0.3) is 15.7 Å². The molecule has 0 fully saturated rings. The standard InChI is InChI=1S/C10H13ClN2O6S2/c1-3-5(2)8(10(14)15)12-21(18,19)7-4-6(13(16)17)9(11)20-7/h4-5,8,12H,3H2,1-2H3,(H,14,15)/t5?,8-/m0/s1. The van der Waals surface area contributed by atoms with Crippen LogP contribution in [0.25, 0.3) is 0 Å². The Labute approximate surface area is 129 Å². The number of carboxylic acids is 1. The van der Waals surface area contributed by atoms with Crippen LogP contribution in [0.4, 0.5) is 5.69 Å². The number of hydrogen-bond donors (Lipinski definition) is 2. The molecule has 1 rings (SSSR count). The molecule has 0 radical (unpaired) electrons. The Morgan fingerprint density at radius 3 is 2.57 bits per heavy atom. The van der Waals surface area contributed by atoms with Crippen molar-refractivity contribution in [3.8, 4) is 0 Å². The van der Waals surface area contributed by atoms with Crippen molar-refractivity contribution >= 4 is 44.6 Å². The highest BCUT2D eigenvalue weighted by atomic mass is 35.5. The number of carbonyl (C=O) groups is 1. The van der Waals surface area contributed by atoms with E-state index >= 15 is 0 Å². The Morgan fingerprint density at radius 1 is 1.62 bits per heavy atom. The minimum Gasteiger partial charge on any atom is -0.480 e. The lowest BCUT2D eigenvalue weighted by molar-refractivity contribution is -0.384. The summed E-state index contributed by atoms with van der Waals surface area (Å²) in [5.41, 5.74) is -0.530. The van der Waals surface area contributed by atoms with Gasteiger partial charge in [0.1, 0.15) is 10.3 Å². The minimum atomic E-state index is -4.20. The molecule has 118 valence electrons. The summed E-state index contributed by atoms with van der Waals surface area (Å²) in [5.74, 6) is -1.76. The lowest BCUT2D eigenvalue weighted by atomic mass is 10.0. The molecule has 1 aromatic heterocycles. The van der Waals surface area contributed by atoms with Gasteiger partial charge >= 0.3 is 5.97 Å². The van der Waals surface area contributed by atoms with Crippen LogP contribution in [0.15, 0.2) is 10.3 Å². The molecule has 8 nitrogen and oxygen atoms in total. The van der Waals surface area contributed by atoms with Crippen LogP contribution < -0.4 is 4.72 Å². The molecule has 1 aromatic rings. The molecule has 0 aliphatic rings. The third kappa shape index (κ3) is 4.13. The molecule has 0 bridgehead atoms. The Kier molecular flexibility index (Phi) is 5.68. The topological polar surface area (TPSA) is 127 Å². The smallest absolute Gasteiger partial charge is 0.322 e. The number of hydrogen-bond acceptors (Lipinski definition) is 6. The fourth-order valence-corrected chi connectivity index (χ4v) is 4.45. The maximum atomic E-state index is 12.1. The molecule has 2 atom stereocenters. The molecule has 0 spiro atoms. The third-order valence-corrected chi connectivity index (χ3v) is 6.12. The Morgan fingerprint density at radius 2 is 2.19 bits per heavy atom. The van der Waals surface area contributed by atoms with E-state index in [1.54, 1.807) is 13.8 Å². The summed E-state index contributed by atoms with van der Waals surface area (Å²) in [5, 5.41) is 19.7. The van der Waals surface area contributed by atoms with Crippen LogP contribution in [0.1, 0.15) is 20.3 Å². The Balaban J connectivity index is 3.13. The summed E-state index contributed by atoms with van der Waals surface area (Å²) in [6.07, 6.45) is 0.449. The summed E-state index contributed by atoms with van der Waals surface area (Å²) < 4.78 is 25.6. The molecule has 11 heteroatoms. The van der Waals surface area contributed by atoms with E-state index in [9.17, 15) is 23.3 Å². The molecule has 0 aliphatic carbocycles. The van der Waals surface area contributed by atoms with Crippen LogP contribution in [0.3, 0.4) is 0 Å². The van der Waals surface area contributed by atoms with Crippen molar-refractivity contribution in [3.63, 3.8) is 0 Å². The highest BCUT2D eigenvalue weighted by Gasteiger charge is 2.32. The predicted molar refractivity (Wildman–Crippen MR) is 77.2 cm³/mol. The lowest BCUT2D eigenvalue weighted by Crippen LogP contribution is -2.44. The molecule has 0 aromatic carbocycles. The highest BCUT2D eigenvalue weighted by Crippen LogP contribution is 2.36. The van der Waals surface area contributed by atoms with E-state index in [4.69, 9.17) is 16.7 Å². The number of nitrogens with zero attached hydrogens (tertiary/aromatic N) is 1. The van der Waals surface area contributed by atoms with Crippen LogP contribution in [0.2, 0.25) is 4.34 Å². The van der Waals surface area contributed by atoms with Crippen LogP contribution >= 0.6 is 22.9 Å². The van der Waals surface area contributed by atoms with Crippen molar-refractivity contribution in [2.45, 2.75) is 30.5 Å². The van der Waals surface area contributed by atoms with Crippen molar-refractivity contribution in [1.29, 1.82) is 0 Å². The quantitative estimate of drug-likeness (QED) is 0.568. The van der Waals surface area contributed by atoms with Crippen LogP contribution in [0, 0.1) is 16.0 Å². The molecule has 0 aliphatic heterocycles. The van der Waals surface area contributed by atoms with E-state index in [1.165, 1.54) is 0 Å². The summed E-state index contributed by atoms with van der Waals surface area (Å²) in [6, 6.07) is -0.509. The van der Waals surface area contributed by atoms with Gasteiger partial charge < -0.3 is 5.11 Å². The first kappa shape index (κ1) is 17.8. The molecule has 0 saturated carbocycles. The normalized spacial score (nSPS) is 14.6. The second kappa shape index (κ2) is 6.69. The zero-order valence-electron chi connectivity index (χ0n) is 11.1. The fourth-order valence-electron chi connectivity index (χ4n) is 1.47. The molecular weight excluding hydrogens is 344 g/mol. The van der Waals surface area contributed by atoms with Gasteiger partial charge in [0.2, 0.25) is 0 Å². The van der Waals surface area contributed by atoms with Gasteiger partial charge in [-0.1, -0.05) is 31.9 Å². The van der Waals surface area contributed by atoms with E-state index in [-0.39, 0.29) is 4.34 Å². The van der Waals surface area contributed by atoms with Crippen molar-refractivity contribution in [3.05, 3.63) is 20.5 Å². The summed E-state index contributed by atoms with van der Waals surface area (Å²) >= 11 is 6.11. The van der Waals surface area contributed by atoms with Crippen molar-refractivity contribution < 1.29 is 23.2 Å². The average molecular weight is 357 g/mol. The predicted octanol–water partition coefficient (Wildman–Crippen LogP) is 2.09. The molecule has 1 heterocycles. The molecule has 2 N–H and O–H groups in total. The van der Waals surface area contributed by atoms with Gasteiger partial charge in [0.05, 0.1) is 4.92 Å². The number of rotatable bonds is 7. The fraction of sp³-hybridized carbons (Fsp3) is 0.500. The molecule has 1 unspecified atom stereocenters. The van der Waals surface area contributed by atoms with Gasteiger partial charge in [-0.2, -0.15) is 4.72 Å². The van der Waals surface area contributed by atoms with Crippen LogP contribution in [-0.2, 0) is 14.8 Å². The van der Waals surface area contributed by atoms with Crippen LogP contribution in [0.5, 0.6) is 0 Å². The van der Waals surface area contributed by atoms with E-state index < -0.39 is 42.8 Å². The molecule has 21 heavy (non-hydrogen) atoms. The van der Waals surface area contributed by atoms with Gasteiger partial charge in [-0.3, -0.25) is 14.9 Å². The van der Waals surface area contributed by atoms with Gasteiger partial charge in [-0.25, -0.2) is 8.42 Å². The van der Waals surface area contributed by atoms with Gasteiger partial charge in [0.15, 0.2) is 4.34 Å². The van der Waals surface area contributed by atoms with E-state index in [0.29, 0.717) is 17.8 Å². The zero-order valence-corrected chi connectivity index (χ0v) is 13.5. The first-order chi connectivity index (χ1) is 9.60. The molecule has 0 amide bonds. The number of aliphatic carboxylic acids is 1. The number of nitro groups is 1. The summed E-state index contributed by atoms with van der Waals surface area (Å²) in [4.78, 5) is 21.0.